The highest BCUT2D eigenvalue weighted by Crippen LogP contribution is 2.60. The molecule has 8 aromatic carbocycles. The Morgan fingerprint density at radius 2 is 0.926 bits per heavy atom. The van der Waals surface area contributed by atoms with Crippen molar-refractivity contribution in [2.75, 3.05) is 4.90 Å². The van der Waals surface area contributed by atoms with E-state index in [0.29, 0.717) is 0 Å². The zero-order valence-electron chi connectivity index (χ0n) is 31.9. The van der Waals surface area contributed by atoms with Crippen LogP contribution in [0.3, 0.4) is 0 Å². The van der Waals surface area contributed by atoms with Gasteiger partial charge in [0, 0.05) is 38.6 Å². The maximum Gasteiger partial charge on any atom is 0.0621 e. The summed E-state index contributed by atoms with van der Waals surface area (Å²) in [5, 5.41) is 5.16. The summed E-state index contributed by atoms with van der Waals surface area (Å²) in [6, 6.07) is 57.4. The van der Waals surface area contributed by atoms with E-state index in [4.69, 9.17) is 0 Å². The molecular weight excluding hydrogens is 651 g/mol. The number of hydrogen-bond donors (Lipinski definition) is 0. The first-order chi connectivity index (χ1) is 26.1. The van der Waals surface area contributed by atoms with Crippen LogP contribution < -0.4 is 4.90 Å². The minimum atomic E-state index is -0.180. The number of para-hydroxylation sites is 1. The zero-order valence-corrected chi connectivity index (χ0v) is 31.9. The lowest BCUT2D eigenvalue weighted by atomic mass is 9.79. The maximum absolute atomic E-state index is 2.56. The molecule has 54 heavy (non-hydrogen) atoms. The van der Waals surface area contributed by atoms with Crippen molar-refractivity contribution in [2.24, 2.45) is 0 Å². The van der Waals surface area contributed by atoms with Crippen LogP contribution in [0.25, 0.3) is 54.9 Å². The Bertz CT molecular complexity index is 2900. The van der Waals surface area contributed by atoms with Gasteiger partial charge in [-0.05, 0) is 120 Å². The van der Waals surface area contributed by atoms with Crippen LogP contribution in [0.2, 0.25) is 0 Å². The van der Waals surface area contributed by atoms with E-state index in [9.17, 15) is 0 Å². The second-order valence-electron chi connectivity index (χ2n) is 17.3. The summed E-state index contributed by atoms with van der Waals surface area (Å²) in [6.07, 6.45) is 0. The molecule has 0 amide bonds. The van der Waals surface area contributed by atoms with Crippen LogP contribution in [0.5, 0.6) is 0 Å². The molecule has 3 aliphatic rings. The molecule has 0 N–H and O–H groups in total. The summed E-state index contributed by atoms with van der Waals surface area (Å²) < 4.78 is 0. The standard InChI is InChI=1S/C53H43N/c1-51(2)43-23-15-14-22-38(43)41-30-46-42(31-45(41)51)39-27-25-35(29-44(39)52(46,3)4)54(34-18-8-7-9-19-34)50-37-21-13-11-17-33(37)28-47-48(50)40-26-24-32-16-10-12-20-36(32)49(40)53(47,5)6/h7-31H,1-6H3. The van der Waals surface area contributed by atoms with Gasteiger partial charge >= 0.3 is 0 Å². The van der Waals surface area contributed by atoms with E-state index in [-0.39, 0.29) is 16.2 Å². The zero-order chi connectivity index (χ0) is 36.7. The van der Waals surface area contributed by atoms with Gasteiger partial charge in [0.1, 0.15) is 0 Å². The number of hydrogen-bond acceptors (Lipinski definition) is 1. The van der Waals surface area contributed by atoms with Gasteiger partial charge in [-0.2, -0.15) is 0 Å². The van der Waals surface area contributed by atoms with Crippen LogP contribution in [0.4, 0.5) is 17.1 Å². The Hall–Kier alpha value is -5.92. The molecule has 1 nitrogen and oxygen atoms in total. The van der Waals surface area contributed by atoms with E-state index in [1.165, 1.54) is 99.7 Å². The van der Waals surface area contributed by atoms with E-state index >= 15 is 0 Å². The van der Waals surface area contributed by atoms with Crippen LogP contribution >= 0.6 is 0 Å². The van der Waals surface area contributed by atoms with Crippen molar-refractivity contribution in [3.63, 3.8) is 0 Å². The van der Waals surface area contributed by atoms with Gasteiger partial charge in [-0.3, -0.25) is 0 Å². The predicted octanol–water partition coefficient (Wildman–Crippen LogP) is 14.4. The molecular formula is C53H43N. The molecule has 8 aromatic rings. The number of anilines is 3. The molecule has 0 saturated carbocycles. The number of benzene rings is 8. The first kappa shape index (κ1) is 31.6. The van der Waals surface area contributed by atoms with Crippen molar-refractivity contribution >= 4 is 38.6 Å². The predicted molar refractivity (Wildman–Crippen MR) is 229 cm³/mol. The van der Waals surface area contributed by atoms with Gasteiger partial charge in [-0.15, -0.1) is 0 Å². The van der Waals surface area contributed by atoms with Gasteiger partial charge in [0.05, 0.1) is 5.69 Å². The smallest absolute Gasteiger partial charge is 0.0621 e. The van der Waals surface area contributed by atoms with Gasteiger partial charge in [0.15, 0.2) is 0 Å². The van der Waals surface area contributed by atoms with E-state index in [1.54, 1.807) is 0 Å². The summed E-state index contributed by atoms with van der Waals surface area (Å²) in [4.78, 5) is 2.56. The second kappa shape index (κ2) is 10.6. The van der Waals surface area contributed by atoms with Crippen molar-refractivity contribution in [3.05, 3.63) is 185 Å². The van der Waals surface area contributed by atoms with Gasteiger partial charge in [-0.25, -0.2) is 0 Å². The summed E-state index contributed by atoms with van der Waals surface area (Å²) in [5.41, 5.74) is 19.8. The number of rotatable bonds is 3. The van der Waals surface area contributed by atoms with Crippen molar-refractivity contribution in [1.82, 2.24) is 0 Å². The summed E-state index contributed by atoms with van der Waals surface area (Å²) in [6.45, 7) is 14.5. The van der Waals surface area contributed by atoms with Crippen LogP contribution in [0, 0.1) is 0 Å². The molecule has 260 valence electrons. The lowest BCUT2D eigenvalue weighted by Crippen LogP contribution is -2.18. The molecule has 0 aliphatic heterocycles. The Balaban J connectivity index is 1.17. The third-order valence-electron chi connectivity index (χ3n) is 13.4. The fourth-order valence-corrected chi connectivity index (χ4v) is 10.7. The Morgan fingerprint density at radius 1 is 0.352 bits per heavy atom. The first-order valence-electron chi connectivity index (χ1n) is 19.4. The van der Waals surface area contributed by atoms with Crippen molar-refractivity contribution < 1.29 is 0 Å². The van der Waals surface area contributed by atoms with Gasteiger partial charge < -0.3 is 4.90 Å². The van der Waals surface area contributed by atoms with E-state index in [1.807, 2.05) is 0 Å². The van der Waals surface area contributed by atoms with Crippen LogP contribution in [-0.2, 0) is 16.2 Å². The van der Waals surface area contributed by atoms with Crippen LogP contribution in [0.1, 0.15) is 74.9 Å². The van der Waals surface area contributed by atoms with Gasteiger partial charge in [0.25, 0.3) is 0 Å². The minimum absolute atomic E-state index is 0.0396. The summed E-state index contributed by atoms with van der Waals surface area (Å²) in [5.74, 6) is 0. The molecule has 0 fully saturated rings. The normalized spacial score (nSPS) is 16.0. The molecule has 3 aliphatic carbocycles. The van der Waals surface area contributed by atoms with Crippen LogP contribution in [-0.4, -0.2) is 0 Å². The first-order valence-corrected chi connectivity index (χ1v) is 19.4. The van der Waals surface area contributed by atoms with Crippen molar-refractivity contribution in [1.29, 1.82) is 0 Å². The fourth-order valence-electron chi connectivity index (χ4n) is 10.7. The molecule has 0 spiro atoms. The highest BCUT2D eigenvalue weighted by molar-refractivity contribution is 6.12. The summed E-state index contributed by atoms with van der Waals surface area (Å²) >= 11 is 0. The molecule has 0 radical (unpaired) electrons. The minimum Gasteiger partial charge on any atom is -0.309 e. The molecule has 0 bridgehead atoms. The third kappa shape index (κ3) is 4.00. The molecule has 0 aromatic heterocycles. The summed E-state index contributed by atoms with van der Waals surface area (Å²) in [7, 11) is 0. The van der Waals surface area contributed by atoms with Gasteiger partial charge in [-0.1, -0.05) is 151 Å². The van der Waals surface area contributed by atoms with E-state index in [0.717, 1.165) is 5.69 Å². The van der Waals surface area contributed by atoms with E-state index < -0.39 is 0 Å². The Labute approximate surface area is 318 Å². The highest BCUT2D eigenvalue weighted by Gasteiger charge is 2.43. The highest BCUT2D eigenvalue weighted by atomic mass is 15.1. The molecule has 0 heterocycles. The molecule has 0 saturated heterocycles. The largest absolute Gasteiger partial charge is 0.309 e. The average molecular weight is 694 g/mol. The lowest BCUT2D eigenvalue weighted by molar-refractivity contribution is 0.652. The number of fused-ring (bicyclic) bond motifs is 12. The average Bonchev–Trinajstić information content (AvgIpc) is 3.66. The molecule has 0 unspecified atom stereocenters. The Kier molecular flexibility index (Phi) is 6.21. The maximum atomic E-state index is 2.56. The van der Waals surface area contributed by atoms with Gasteiger partial charge in [0.2, 0.25) is 0 Å². The molecule has 11 rings (SSSR count). The van der Waals surface area contributed by atoms with Crippen molar-refractivity contribution in [3.8, 4) is 33.4 Å². The molecule has 1 heteroatoms. The SMILES string of the molecule is CC1(C)c2ccccc2-c2cc3c(cc21)-c1ccc(N(c2ccccc2)c2c4c(cc5ccccc25)C(C)(C)c2c-4ccc4ccccc24)cc1C3(C)C. The van der Waals surface area contributed by atoms with Crippen LogP contribution in [0.15, 0.2) is 152 Å². The molecule has 0 atom stereocenters. The quantitative estimate of drug-likeness (QED) is 0.178. The lowest BCUT2D eigenvalue weighted by Gasteiger charge is -2.31. The third-order valence-corrected chi connectivity index (χ3v) is 13.4. The Morgan fingerprint density at radius 3 is 1.69 bits per heavy atom. The van der Waals surface area contributed by atoms with E-state index in [2.05, 4.69) is 198 Å². The topological polar surface area (TPSA) is 3.24 Å². The van der Waals surface area contributed by atoms with Crippen molar-refractivity contribution in [2.45, 2.75) is 57.8 Å². The number of nitrogens with zero attached hydrogens (tertiary/aromatic N) is 1. The monoisotopic (exact) mass is 693 g/mol. The fraction of sp³-hybridized carbons (Fsp3) is 0.170. The second-order valence-corrected chi connectivity index (χ2v) is 17.3.